The zero-order valence-electron chi connectivity index (χ0n) is 15.9. The highest BCUT2D eigenvalue weighted by molar-refractivity contribution is 7.89. The van der Waals surface area contributed by atoms with Crippen LogP contribution in [0.4, 0.5) is 0 Å². The van der Waals surface area contributed by atoms with E-state index < -0.39 is 10.0 Å². The minimum atomic E-state index is -3.71. The predicted octanol–water partition coefficient (Wildman–Crippen LogP) is 2.86. The molecule has 2 unspecified atom stereocenters. The van der Waals surface area contributed by atoms with E-state index in [9.17, 15) is 8.42 Å². The number of rotatable bonds is 6. The van der Waals surface area contributed by atoms with Crippen molar-refractivity contribution in [3.8, 4) is 17.4 Å². The lowest BCUT2D eigenvalue weighted by molar-refractivity contribution is 0.0917. The van der Waals surface area contributed by atoms with Crippen LogP contribution in [0, 0.1) is 0 Å². The van der Waals surface area contributed by atoms with Crippen LogP contribution in [0.5, 0.6) is 17.4 Å². The van der Waals surface area contributed by atoms with Crippen LogP contribution in [0.3, 0.4) is 0 Å². The lowest BCUT2D eigenvalue weighted by atomic mass is 10.0. The molecular formula is C20H24N2O5S. The summed E-state index contributed by atoms with van der Waals surface area (Å²) in [4.78, 5) is 4.36. The number of nitrogens with zero attached hydrogens (tertiary/aromatic N) is 2. The fourth-order valence-corrected chi connectivity index (χ4v) is 6.33. The minimum absolute atomic E-state index is 0.0361. The topological polar surface area (TPSA) is 78.0 Å². The van der Waals surface area contributed by atoms with Crippen molar-refractivity contribution in [2.45, 2.75) is 48.8 Å². The van der Waals surface area contributed by atoms with Crippen LogP contribution in [-0.4, -0.2) is 50.1 Å². The summed E-state index contributed by atoms with van der Waals surface area (Å²) in [6.07, 6.45) is 4.62. The molecule has 0 aliphatic carbocycles. The number of methoxy groups -OCH3 is 2. The molecule has 2 fully saturated rings. The van der Waals surface area contributed by atoms with Crippen LogP contribution in [0.2, 0.25) is 0 Å². The first-order chi connectivity index (χ1) is 13.5. The number of fused-ring (bicyclic) bond motifs is 2. The predicted molar refractivity (Wildman–Crippen MR) is 103 cm³/mol. The average Bonchev–Trinajstić information content (AvgIpc) is 3.00. The van der Waals surface area contributed by atoms with Gasteiger partial charge in [0.2, 0.25) is 15.9 Å². The molecule has 0 radical (unpaired) electrons. The van der Waals surface area contributed by atoms with E-state index in [0.717, 1.165) is 12.8 Å². The number of hydrogen-bond donors (Lipinski definition) is 0. The van der Waals surface area contributed by atoms with Crippen molar-refractivity contribution < 1.29 is 22.6 Å². The van der Waals surface area contributed by atoms with Crippen LogP contribution in [0.1, 0.15) is 25.7 Å². The Morgan fingerprint density at radius 1 is 1.04 bits per heavy atom. The van der Waals surface area contributed by atoms with E-state index in [4.69, 9.17) is 14.2 Å². The summed E-state index contributed by atoms with van der Waals surface area (Å²) in [5.41, 5.74) is 0. The molecule has 7 nitrogen and oxygen atoms in total. The molecule has 28 heavy (non-hydrogen) atoms. The number of piperidine rings is 1. The summed E-state index contributed by atoms with van der Waals surface area (Å²) in [6.45, 7) is 0. The largest absolute Gasteiger partial charge is 0.497 e. The van der Waals surface area contributed by atoms with Crippen LogP contribution in [0.25, 0.3) is 0 Å². The standard InChI is InChI=1S/C20H24N2O5S/c1-25-16-8-9-18(26-2)19(13-16)28(23,24)22-14-6-7-15(22)12-17(11-14)27-20-5-3-4-10-21-20/h3-5,8-10,13-15,17H,6-7,11-12H2,1-2H3. The molecule has 0 amide bonds. The molecule has 2 aromatic rings. The molecule has 1 aromatic carbocycles. The van der Waals surface area contributed by atoms with Crippen molar-refractivity contribution in [3.63, 3.8) is 0 Å². The van der Waals surface area contributed by atoms with Gasteiger partial charge in [-0.15, -0.1) is 0 Å². The second-order valence-electron chi connectivity index (χ2n) is 7.12. The molecule has 3 heterocycles. The van der Waals surface area contributed by atoms with Gasteiger partial charge >= 0.3 is 0 Å². The van der Waals surface area contributed by atoms with E-state index in [0.29, 0.717) is 30.2 Å². The maximum atomic E-state index is 13.5. The molecule has 8 heteroatoms. The first-order valence-electron chi connectivity index (χ1n) is 9.36. The van der Waals surface area contributed by atoms with Crippen LogP contribution in [0.15, 0.2) is 47.5 Å². The summed E-state index contributed by atoms with van der Waals surface area (Å²) >= 11 is 0. The third-order valence-electron chi connectivity index (χ3n) is 5.47. The molecule has 2 atom stereocenters. The van der Waals surface area contributed by atoms with E-state index in [1.54, 1.807) is 22.6 Å². The number of ether oxygens (including phenoxy) is 3. The van der Waals surface area contributed by atoms with E-state index in [2.05, 4.69) is 4.98 Å². The molecule has 0 N–H and O–H groups in total. The quantitative estimate of drug-likeness (QED) is 0.737. The number of pyridine rings is 1. The normalized spacial score (nSPS) is 24.7. The highest BCUT2D eigenvalue weighted by atomic mass is 32.2. The number of hydrogen-bond acceptors (Lipinski definition) is 6. The Hall–Kier alpha value is -2.32. The van der Waals surface area contributed by atoms with E-state index >= 15 is 0 Å². The minimum Gasteiger partial charge on any atom is -0.497 e. The van der Waals surface area contributed by atoms with Gasteiger partial charge in [0, 0.05) is 43.3 Å². The molecule has 2 bridgehead atoms. The molecule has 2 aliphatic heterocycles. The van der Waals surface area contributed by atoms with Gasteiger partial charge in [0.25, 0.3) is 0 Å². The van der Waals surface area contributed by atoms with Gasteiger partial charge in [0.1, 0.15) is 22.5 Å². The Labute approximate surface area is 165 Å². The van der Waals surface area contributed by atoms with Crippen molar-refractivity contribution in [3.05, 3.63) is 42.6 Å². The van der Waals surface area contributed by atoms with Gasteiger partial charge < -0.3 is 14.2 Å². The Bertz CT molecular complexity index is 921. The Kier molecular flexibility index (Phi) is 5.16. The summed E-state index contributed by atoms with van der Waals surface area (Å²) in [5.74, 6) is 1.39. The zero-order valence-corrected chi connectivity index (χ0v) is 16.8. The van der Waals surface area contributed by atoms with Crippen molar-refractivity contribution in [2.24, 2.45) is 0 Å². The maximum Gasteiger partial charge on any atom is 0.247 e. The van der Waals surface area contributed by atoms with Gasteiger partial charge in [-0.25, -0.2) is 13.4 Å². The first-order valence-corrected chi connectivity index (χ1v) is 10.8. The second kappa shape index (κ2) is 7.60. The Balaban J connectivity index is 1.59. The van der Waals surface area contributed by atoms with E-state index in [1.165, 1.54) is 20.3 Å². The molecule has 150 valence electrons. The second-order valence-corrected chi connectivity index (χ2v) is 8.93. The highest BCUT2D eigenvalue weighted by Gasteiger charge is 2.48. The molecular weight excluding hydrogens is 380 g/mol. The fraction of sp³-hybridized carbons (Fsp3) is 0.450. The molecule has 2 saturated heterocycles. The van der Waals surface area contributed by atoms with Crippen LogP contribution < -0.4 is 14.2 Å². The van der Waals surface area contributed by atoms with Crippen LogP contribution in [-0.2, 0) is 10.0 Å². The third kappa shape index (κ3) is 3.42. The van der Waals surface area contributed by atoms with Crippen LogP contribution >= 0.6 is 0 Å². The van der Waals surface area contributed by atoms with Gasteiger partial charge in [0.15, 0.2) is 0 Å². The summed E-state index contributed by atoms with van der Waals surface area (Å²) in [5, 5.41) is 0. The van der Waals surface area contributed by atoms with Gasteiger partial charge in [-0.05, 0) is 31.0 Å². The van der Waals surface area contributed by atoms with E-state index in [-0.39, 0.29) is 23.1 Å². The molecule has 2 aliphatic rings. The van der Waals surface area contributed by atoms with Crippen molar-refractivity contribution in [2.75, 3.05) is 14.2 Å². The van der Waals surface area contributed by atoms with Gasteiger partial charge in [-0.3, -0.25) is 0 Å². The Morgan fingerprint density at radius 2 is 1.79 bits per heavy atom. The first kappa shape index (κ1) is 19.0. The van der Waals surface area contributed by atoms with E-state index in [1.807, 2.05) is 18.2 Å². The maximum absolute atomic E-state index is 13.5. The number of aromatic nitrogens is 1. The number of benzene rings is 1. The Morgan fingerprint density at radius 3 is 2.39 bits per heavy atom. The fourth-order valence-electron chi connectivity index (χ4n) is 4.26. The smallest absolute Gasteiger partial charge is 0.247 e. The average molecular weight is 404 g/mol. The van der Waals surface area contributed by atoms with Gasteiger partial charge in [-0.1, -0.05) is 6.07 Å². The molecule has 0 spiro atoms. The lowest BCUT2D eigenvalue weighted by Gasteiger charge is -2.37. The summed E-state index contributed by atoms with van der Waals surface area (Å²) < 4.78 is 45.2. The van der Waals surface area contributed by atoms with Crippen molar-refractivity contribution in [1.29, 1.82) is 0 Å². The molecule has 4 rings (SSSR count). The third-order valence-corrected chi connectivity index (χ3v) is 7.50. The number of sulfonamides is 1. The molecule has 0 saturated carbocycles. The highest BCUT2D eigenvalue weighted by Crippen LogP contribution is 2.42. The SMILES string of the molecule is COc1ccc(OC)c(S(=O)(=O)N2C3CCC2CC(Oc2ccccn2)C3)c1. The summed E-state index contributed by atoms with van der Waals surface area (Å²) in [6, 6.07) is 10.2. The van der Waals surface area contributed by atoms with Crippen molar-refractivity contribution in [1.82, 2.24) is 9.29 Å². The van der Waals surface area contributed by atoms with Gasteiger partial charge in [0.05, 0.1) is 14.2 Å². The summed E-state index contributed by atoms with van der Waals surface area (Å²) in [7, 11) is -0.722. The van der Waals surface area contributed by atoms with Gasteiger partial charge in [-0.2, -0.15) is 4.31 Å². The lowest BCUT2D eigenvalue weighted by Crippen LogP contribution is -2.49. The van der Waals surface area contributed by atoms with Crippen molar-refractivity contribution >= 4 is 10.0 Å². The zero-order chi connectivity index (χ0) is 19.7. The molecule has 1 aromatic heterocycles. The monoisotopic (exact) mass is 404 g/mol.